The average molecular weight is 1390 g/mol. The third kappa shape index (κ3) is 63400. The van der Waals surface area contributed by atoms with E-state index in [2.05, 4.69) is 0 Å². The first-order valence-electron chi connectivity index (χ1n) is 0. The fourth-order valence-electron chi connectivity index (χ4n) is 0. The van der Waals surface area contributed by atoms with Gasteiger partial charge < -0.3 is 465 Å². The van der Waals surface area contributed by atoms with Gasteiger partial charge in [0.15, 0.2) is 0 Å². The molecule has 680 valence electrons. The Morgan fingerprint density at radius 1 is 0.0233 bits per heavy atom. The van der Waals surface area contributed by atoms with E-state index in [0.717, 1.165) is 0 Å². The third-order valence-electron chi connectivity index (χ3n) is 0. The fraction of sp³-hybridized carbons (Fsp3) is 0. The van der Waals surface area contributed by atoms with Crippen molar-refractivity contribution in [2.75, 3.05) is 0 Å². The topological polar surface area (TPSA) is 2420 Å². The van der Waals surface area contributed by atoms with Gasteiger partial charge in [0, 0.05) is 0 Å². The van der Waals surface area contributed by atoms with Crippen LogP contribution in [0.3, 0.4) is 0 Å². The molecule has 0 unspecified atom stereocenters. The molecule has 0 rings (SSSR count). The van der Waals surface area contributed by atoms with Crippen LogP contribution in [0.25, 0.3) is 0 Å². The van der Waals surface area contributed by atoms with E-state index in [1.807, 2.05) is 0 Å². The molecule has 0 aliphatic rings. The van der Waals surface area contributed by atoms with Crippen LogP contribution in [0.2, 0.25) is 0 Å². The molecule has 0 saturated carbocycles. The van der Waals surface area contributed by atoms with Gasteiger partial charge in [0.05, 0.1) is 0 Å². The second-order valence-electron chi connectivity index (χ2n) is 0. The van der Waals surface area contributed by atoms with Gasteiger partial charge in [-0.25, -0.2) is 0 Å². The van der Waals surface area contributed by atoms with E-state index >= 15 is 0 Å². The molecule has 0 radical (unpaired) electrons. The molecule has 0 atom stereocenters. The van der Waals surface area contributed by atoms with Gasteiger partial charge in [-0.3, -0.25) is 0 Å². The summed E-state index contributed by atoms with van der Waals surface area (Å²) in [5.41, 5.74) is 0. The molecular formula is AlO85-167. The van der Waals surface area contributed by atoms with Crippen molar-refractivity contribution in [1.82, 2.24) is 0 Å². The van der Waals surface area contributed by atoms with E-state index in [-0.39, 0.29) is 483 Å². The molecule has 0 fully saturated rings. The van der Waals surface area contributed by atoms with Crippen LogP contribution in [-0.4, -0.2) is 17.4 Å². The maximum atomic E-state index is 0. The fourth-order valence-corrected chi connectivity index (χ4v) is 0. The molecule has 0 amide bonds. The Labute approximate surface area is 484 Å². The van der Waals surface area contributed by atoms with Crippen LogP contribution in [0, 0.1) is 0 Å². The number of hydrogen-bond donors (Lipinski definition) is 0. The van der Waals surface area contributed by atoms with Gasteiger partial charge in [0.2, 0.25) is 0 Å². The Bertz CT molecular complexity index is 7.86. The Morgan fingerprint density at radius 2 is 0.0233 bits per heavy atom. The second kappa shape index (κ2) is 65700. The second-order valence-corrected chi connectivity index (χ2v) is 0. The van der Waals surface area contributed by atoms with E-state index in [1.165, 1.54) is 0 Å². The summed E-state index contributed by atoms with van der Waals surface area (Å²) >= 11 is 0. The van der Waals surface area contributed by atoms with Crippen LogP contribution < -0.4 is 0 Å². The minimum Gasteiger partial charge on any atom is -2.00 e. The normalized spacial score (nSPS) is 0. The molecule has 0 heterocycles. The Morgan fingerprint density at radius 3 is 0.0233 bits per heavy atom. The summed E-state index contributed by atoms with van der Waals surface area (Å²) in [6.45, 7) is 0. The Balaban J connectivity index is 0. The average Bonchev–Trinajstić information content (AvgIpc) is 0. The predicted octanol–water partition coefficient (Wildman–Crippen LogP) is -10.5. The zero-order chi connectivity index (χ0) is 0. The van der Waals surface area contributed by atoms with Crippen molar-refractivity contribution in [2.45, 2.75) is 0 Å². The molecule has 86 heavy (non-hydrogen) atoms. The van der Waals surface area contributed by atoms with E-state index in [4.69, 9.17) is 0 Å². The minimum absolute atomic E-state index is 0. The van der Waals surface area contributed by atoms with Gasteiger partial charge >= 0.3 is 17.4 Å². The molecule has 0 aliphatic carbocycles. The first-order chi connectivity index (χ1) is 0. The van der Waals surface area contributed by atoms with Crippen LogP contribution in [0.5, 0.6) is 0 Å². The summed E-state index contributed by atoms with van der Waals surface area (Å²) < 4.78 is 0. The quantitative estimate of drug-likeness (QED) is 0.204. The molecule has 0 aliphatic heterocycles. The Kier molecular flexibility index (Phi) is 52100000. The van der Waals surface area contributed by atoms with Gasteiger partial charge in [0.25, 0.3) is 0 Å². The van der Waals surface area contributed by atoms with Crippen LogP contribution in [0.1, 0.15) is 0 Å². The first kappa shape index (κ1) is 68200. The minimum atomic E-state index is 0. The van der Waals surface area contributed by atoms with Gasteiger partial charge in [0.1, 0.15) is 0 Å². The molecule has 0 aromatic heterocycles. The largest absolute Gasteiger partial charge is 3.00 e. The van der Waals surface area contributed by atoms with Crippen LogP contribution in [0.4, 0.5) is 0 Å². The van der Waals surface area contributed by atoms with Gasteiger partial charge in [-0.2, -0.15) is 0 Å². The summed E-state index contributed by atoms with van der Waals surface area (Å²) in [6.07, 6.45) is 0. The molecular weight excluding hydrogens is 1390 g/mol. The molecule has 0 aromatic rings. The van der Waals surface area contributed by atoms with Crippen molar-refractivity contribution in [3.05, 3.63) is 0 Å². The zero-order valence-electron chi connectivity index (χ0n) is 35.3. The summed E-state index contributed by atoms with van der Waals surface area (Å²) in [5.74, 6) is 0. The van der Waals surface area contributed by atoms with Crippen molar-refractivity contribution in [3.8, 4) is 0 Å². The molecule has 0 bridgehead atoms. The maximum absolute atomic E-state index is 0. The van der Waals surface area contributed by atoms with E-state index < -0.39 is 0 Å². The van der Waals surface area contributed by atoms with Crippen molar-refractivity contribution < 1.29 is 465 Å². The molecule has 0 aromatic carbocycles. The van der Waals surface area contributed by atoms with E-state index in [9.17, 15) is 0 Å². The first-order valence-corrected chi connectivity index (χ1v) is 0. The number of rotatable bonds is 0. The summed E-state index contributed by atoms with van der Waals surface area (Å²) in [5, 5.41) is 0. The Hall–Kier alpha value is -2.87. The summed E-state index contributed by atoms with van der Waals surface area (Å²) in [4.78, 5) is 0. The summed E-state index contributed by atoms with van der Waals surface area (Å²) in [6, 6.07) is 0. The van der Waals surface area contributed by atoms with Crippen molar-refractivity contribution >= 4 is 17.4 Å². The predicted molar refractivity (Wildman–Crippen MR) is 64.1 cm³/mol. The van der Waals surface area contributed by atoms with Gasteiger partial charge in [-0.1, -0.05) is 0 Å². The van der Waals surface area contributed by atoms with Crippen LogP contribution in [-0.2, 0) is 465 Å². The van der Waals surface area contributed by atoms with Crippen molar-refractivity contribution in [1.29, 1.82) is 0 Å². The summed E-state index contributed by atoms with van der Waals surface area (Å²) in [7, 11) is 0. The van der Waals surface area contributed by atoms with Gasteiger partial charge in [-0.15, -0.1) is 0 Å². The number of hydrogen-bond acceptors (Lipinski definition) is 0. The monoisotopic (exact) mass is 1390 g/mol. The molecule has 85 nitrogen and oxygen atoms in total. The van der Waals surface area contributed by atoms with Crippen molar-refractivity contribution in [3.63, 3.8) is 0 Å². The van der Waals surface area contributed by atoms with Gasteiger partial charge in [-0.05, 0) is 0 Å². The third-order valence-corrected chi connectivity index (χ3v) is 0. The molecule has 0 spiro atoms. The van der Waals surface area contributed by atoms with E-state index in [1.54, 1.807) is 0 Å². The zero-order valence-corrected chi connectivity index (χ0v) is 36.4. The van der Waals surface area contributed by atoms with Crippen LogP contribution in [0.15, 0.2) is 0 Å². The standard InChI is InChI=1S/Al.85O/q+3;85*-2. The SMILES string of the molecule is [Al+3].[O-2].[O-2].[O-2].[O-2].[O-2].[O-2].[O-2].[O-2].[O-2].[O-2].[O-2].[O-2].[O-2].[O-2].[O-2].[O-2].[O-2].[O-2].[O-2].[O-2].[O-2].[O-2].[O-2].[O-2].[O-2].[O-2].[O-2].[O-2].[O-2].[O-2].[O-2].[O-2].[O-2].[O-2].[O-2].[O-2].[O-2].[O-2].[O-2].[O-2].[O-2].[O-2].[O-2].[O-2].[O-2].[O-2].[O-2].[O-2].[O-2].[O-2].[O-2].[O-2].[O-2].[O-2].[O-2].[O-2].[O-2].[O-2].[O-2].[O-2].[O-2].[O-2].[O-2].[O-2].[O-2].[O-2].[O-2].[O-2].[O-2].[O-2].[O-2].[O-2].[O-2].[O-2].[O-2].[O-2].[O-2].[O-2].[O-2].[O-2].[O-2].[O-2].[O-2].[O-2].[O-2]. The maximum Gasteiger partial charge on any atom is 3.00 e. The molecule has 0 N–H and O–H groups in total. The smallest absolute Gasteiger partial charge is 2.00 e. The van der Waals surface area contributed by atoms with E-state index in [0.29, 0.717) is 0 Å². The molecule has 86 heteroatoms. The molecule has 0 saturated heterocycles. The van der Waals surface area contributed by atoms with Crippen LogP contribution >= 0.6 is 0 Å². The van der Waals surface area contributed by atoms with Crippen molar-refractivity contribution in [2.24, 2.45) is 0 Å².